The van der Waals surface area contributed by atoms with Gasteiger partial charge in [0.2, 0.25) is 0 Å². The number of imidazole rings is 1. The van der Waals surface area contributed by atoms with Gasteiger partial charge in [-0.25, -0.2) is 9.78 Å². The van der Waals surface area contributed by atoms with Gasteiger partial charge in [-0.15, -0.1) is 0 Å². The summed E-state index contributed by atoms with van der Waals surface area (Å²) in [6.45, 7) is 0.0719. The molecule has 0 atom stereocenters. The van der Waals surface area contributed by atoms with Crippen LogP contribution in [0, 0.1) is 6.92 Å². The molecule has 0 saturated heterocycles. The third kappa shape index (κ3) is 4.72. The zero-order valence-electron chi connectivity index (χ0n) is 14.8. The van der Waals surface area contributed by atoms with Crippen molar-refractivity contribution in [3.63, 3.8) is 0 Å². The van der Waals surface area contributed by atoms with Gasteiger partial charge in [-0.3, -0.25) is 0 Å². The zero-order chi connectivity index (χ0) is 19.2. The molecule has 0 bridgehead atoms. The molecule has 27 heavy (non-hydrogen) atoms. The smallest absolute Gasteiger partial charge is 0.387 e. The minimum atomic E-state index is -2.91. The van der Waals surface area contributed by atoms with Crippen molar-refractivity contribution < 1.29 is 18.3 Å². The van der Waals surface area contributed by atoms with Gasteiger partial charge in [0.05, 0.1) is 11.0 Å². The first-order chi connectivity index (χ1) is 13.0. The number of fused-ring (bicyclic) bond motifs is 1. The summed E-state index contributed by atoms with van der Waals surface area (Å²) in [4.78, 5) is 16.5. The molecule has 0 radical (unpaired) electrons. The number of para-hydroxylation sites is 3. The lowest BCUT2D eigenvalue weighted by molar-refractivity contribution is -0.0504. The first kappa shape index (κ1) is 18.6. The van der Waals surface area contributed by atoms with Gasteiger partial charge in [-0.1, -0.05) is 30.3 Å². The number of halogens is 2. The number of nitrogens with zero attached hydrogens (tertiary/aromatic N) is 2. The van der Waals surface area contributed by atoms with E-state index in [0.717, 1.165) is 16.9 Å². The molecule has 2 aromatic carbocycles. The predicted octanol–water partition coefficient (Wildman–Crippen LogP) is 3.45. The molecule has 142 valence electrons. The van der Waals surface area contributed by atoms with E-state index in [-0.39, 0.29) is 18.3 Å². The second-order valence-corrected chi connectivity index (χ2v) is 5.90. The number of benzene rings is 2. The Hall–Kier alpha value is -3.16. The summed E-state index contributed by atoms with van der Waals surface area (Å²) < 4.78 is 31.3. The van der Waals surface area contributed by atoms with Crippen LogP contribution in [0.4, 0.5) is 13.6 Å². The summed E-state index contributed by atoms with van der Waals surface area (Å²) >= 11 is 0. The molecule has 0 fully saturated rings. The number of carbonyl (C=O) groups is 1. The van der Waals surface area contributed by atoms with Gasteiger partial charge in [0.1, 0.15) is 11.6 Å². The van der Waals surface area contributed by atoms with E-state index in [2.05, 4.69) is 20.4 Å². The number of aryl methyl sites for hydroxylation is 1. The van der Waals surface area contributed by atoms with Gasteiger partial charge in [0.15, 0.2) is 0 Å². The van der Waals surface area contributed by atoms with Crippen LogP contribution in [0.3, 0.4) is 0 Å². The number of ether oxygens (including phenoxy) is 1. The summed E-state index contributed by atoms with van der Waals surface area (Å²) in [5, 5.41) is 5.40. The molecule has 3 aromatic rings. The van der Waals surface area contributed by atoms with Gasteiger partial charge in [-0.05, 0) is 25.1 Å². The molecule has 0 aliphatic heterocycles. The highest BCUT2D eigenvalue weighted by Gasteiger charge is 2.10. The van der Waals surface area contributed by atoms with Crippen molar-refractivity contribution in [2.24, 2.45) is 0 Å². The third-order valence-corrected chi connectivity index (χ3v) is 4.09. The molecule has 3 rings (SSSR count). The molecule has 0 spiro atoms. The molecule has 1 aromatic heterocycles. The van der Waals surface area contributed by atoms with Crippen molar-refractivity contribution in [2.45, 2.75) is 26.6 Å². The molecule has 0 aliphatic carbocycles. The summed E-state index contributed by atoms with van der Waals surface area (Å²) in [7, 11) is 0. The molecule has 2 N–H and O–H groups in total. The SMILES string of the molecule is Cc1nc2ccccc2n1CCNC(=O)NCc1ccccc1OC(F)F. The van der Waals surface area contributed by atoms with Crippen molar-refractivity contribution >= 4 is 17.1 Å². The fraction of sp³-hybridized carbons (Fsp3) is 0.263. The number of hydrogen-bond donors (Lipinski definition) is 2. The van der Waals surface area contributed by atoms with E-state index in [0.29, 0.717) is 18.7 Å². The fourth-order valence-electron chi connectivity index (χ4n) is 2.86. The van der Waals surface area contributed by atoms with Crippen LogP contribution in [-0.2, 0) is 13.1 Å². The standard InChI is InChI=1S/C19H20F2N4O2/c1-13-24-15-7-3-4-8-16(15)25(13)11-10-22-19(26)23-12-14-6-2-5-9-17(14)27-18(20)21/h2-9,18H,10-12H2,1H3,(H2,22,23,26). The number of aromatic nitrogens is 2. The Morgan fingerprint density at radius 2 is 1.89 bits per heavy atom. The van der Waals surface area contributed by atoms with E-state index in [9.17, 15) is 13.6 Å². The summed E-state index contributed by atoms with van der Waals surface area (Å²) in [6.07, 6.45) is 0. The summed E-state index contributed by atoms with van der Waals surface area (Å²) in [6, 6.07) is 13.8. The van der Waals surface area contributed by atoms with Crippen molar-refractivity contribution in [2.75, 3.05) is 6.54 Å². The number of rotatable bonds is 7. The minimum absolute atomic E-state index is 0.0494. The molecule has 0 saturated carbocycles. The highest BCUT2D eigenvalue weighted by atomic mass is 19.3. The Kier molecular flexibility index (Phi) is 5.85. The minimum Gasteiger partial charge on any atom is -0.434 e. The second-order valence-electron chi connectivity index (χ2n) is 5.90. The lowest BCUT2D eigenvalue weighted by Crippen LogP contribution is -2.37. The summed E-state index contributed by atoms with van der Waals surface area (Å²) in [5.74, 6) is 0.921. The first-order valence-corrected chi connectivity index (χ1v) is 8.51. The van der Waals surface area contributed by atoms with Crippen LogP contribution in [0.2, 0.25) is 0 Å². The van der Waals surface area contributed by atoms with Crippen molar-refractivity contribution in [1.29, 1.82) is 0 Å². The lowest BCUT2D eigenvalue weighted by atomic mass is 10.2. The van der Waals surface area contributed by atoms with Crippen LogP contribution in [0.15, 0.2) is 48.5 Å². The van der Waals surface area contributed by atoms with Crippen molar-refractivity contribution in [3.8, 4) is 5.75 Å². The number of hydrogen-bond acceptors (Lipinski definition) is 3. The largest absolute Gasteiger partial charge is 0.434 e. The summed E-state index contributed by atoms with van der Waals surface area (Å²) in [5.41, 5.74) is 2.40. The third-order valence-electron chi connectivity index (χ3n) is 4.09. The Morgan fingerprint density at radius 3 is 2.70 bits per heavy atom. The molecular formula is C19H20F2N4O2. The molecule has 6 nitrogen and oxygen atoms in total. The predicted molar refractivity (Wildman–Crippen MR) is 97.8 cm³/mol. The van der Waals surface area contributed by atoms with Crippen LogP contribution in [0.25, 0.3) is 11.0 Å². The number of nitrogens with one attached hydrogen (secondary N) is 2. The first-order valence-electron chi connectivity index (χ1n) is 8.51. The molecule has 2 amide bonds. The average Bonchev–Trinajstić information content (AvgIpc) is 2.96. The zero-order valence-corrected chi connectivity index (χ0v) is 14.8. The van der Waals surface area contributed by atoms with Crippen molar-refractivity contribution in [3.05, 3.63) is 59.9 Å². The molecule has 1 heterocycles. The van der Waals surface area contributed by atoms with E-state index in [1.807, 2.05) is 35.8 Å². The van der Waals surface area contributed by atoms with Crippen LogP contribution in [-0.4, -0.2) is 28.7 Å². The fourth-order valence-corrected chi connectivity index (χ4v) is 2.86. The van der Waals surface area contributed by atoms with Crippen molar-refractivity contribution in [1.82, 2.24) is 20.2 Å². The molecule has 0 aliphatic rings. The normalized spacial score (nSPS) is 11.0. The van der Waals surface area contributed by atoms with Gasteiger partial charge < -0.3 is 19.9 Å². The van der Waals surface area contributed by atoms with E-state index < -0.39 is 6.61 Å². The Bertz CT molecular complexity index is 927. The Labute approximate surface area is 155 Å². The number of alkyl halides is 2. The van der Waals surface area contributed by atoms with Gasteiger partial charge in [-0.2, -0.15) is 8.78 Å². The number of carbonyl (C=O) groups excluding carboxylic acids is 1. The monoisotopic (exact) mass is 374 g/mol. The molecule has 8 heteroatoms. The van der Waals surface area contributed by atoms with Gasteiger partial charge in [0, 0.05) is 25.2 Å². The highest BCUT2D eigenvalue weighted by molar-refractivity contribution is 5.76. The average molecular weight is 374 g/mol. The van der Waals surface area contributed by atoms with E-state index >= 15 is 0 Å². The van der Waals surface area contributed by atoms with Gasteiger partial charge >= 0.3 is 12.6 Å². The Morgan fingerprint density at radius 1 is 1.15 bits per heavy atom. The number of urea groups is 1. The number of amides is 2. The maximum Gasteiger partial charge on any atom is 0.387 e. The lowest BCUT2D eigenvalue weighted by Gasteiger charge is -2.12. The van der Waals surface area contributed by atoms with E-state index in [4.69, 9.17) is 0 Å². The van der Waals surface area contributed by atoms with Crippen LogP contribution < -0.4 is 15.4 Å². The highest BCUT2D eigenvalue weighted by Crippen LogP contribution is 2.20. The van der Waals surface area contributed by atoms with Gasteiger partial charge in [0.25, 0.3) is 0 Å². The maximum absolute atomic E-state index is 12.4. The topological polar surface area (TPSA) is 68.2 Å². The quantitative estimate of drug-likeness (QED) is 0.666. The molecular weight excluding hydrogens is 354 g/mol. The maximum atomic E-state index is 12.4. The second kappa shape index (κ2) is 8.48. The van der Waals surface area contributed by atoms with Crippen LogP contribution >= 0.6 is 0 Å². The van der Waals surface area contributed by atoms with E-state index in [1.54, 1.807) is 18.2 Å². The van der Waals surface area contributed by atoms with E-state index in [1.165, 1.54) is 6.07 Å². The molecule has 0 unspecified atom stereocenters. The van der Waals surface area contributed by atoms with Crippen LogP contribution in [0.1, 0.15) is 11.4 Å². The Balaban J connectivity index is 1.51. The van der Waals surface area contributed by atoms with Crippen LogP contribution in [0.5, 0.6) is 5.75 Å².